The molecule has 28 heavy (non-hydrogen) atoms. The molecule has 2 rings (SSSR count). The molecule has 0 bridgehead atoms. The zero-order valence-electron chi connectivity index (χ0n) is 15.7. The topological polar surface area (TPSA) is 131 Å². The molecule has 0 fully saturated rings. The summed E-state index contributed by atoms with van der Waals surface area (Å²) in [6.07, 6.45) is 2.57. The lowest BCUT2D eigenvalue weighted by atomic mass is 10.0. The summed E-state index contributed by atoms with van der Waals surface area (Å²) in [5.41, 5.74) is -1.02. The van der Waals surface area contributed by atoms with Gasteiger partial charge in [0.15, 0.2) is 11.5 Å². The fourth-order valence-corrected chi connectivity index (χ4v) is 2.42. The average Bonchev–Trinajstić information content (AvgIpc) is 2.62. The van der Waals surface area contributed by atoms with E-state index < -0.39 is 35.0 Å². The van der Waals surface area contributed by atoms with Crippen molar-refractivity contribution in [1.29, 1.82) is 0 Å². The summed E-state index contributed by atoms with van der Waals surface area (Å²) in [5.74, 6) is -4.19. The molecule has 0 saturated heterocycles. The second-order valence-corrected chi connectivity index (χ2v) is 5.29. The third kappa shape index (κ3) is 4.22. The highest BCUT2D eigenvalue weighted by Crippen LogP contribution is 2.40. The second kappa shape index (κ2) is 8.89. The van der Waals surface area contributed by atoms with Gasteiger partial charge in [-0.15, -0.1) is 0 Å². The van der Waals surface area contributed by atoms with E-state index in [1.54, 1.807) is 13.8 Å². The number of esters is 4. The van der Waals surface area contributed by atoms with E-state index in [1.165, 1.54) is 12.4 Å². The minimum Gasteiger partial charge on any atom is -0.462 e. The molecule has 0 atom stereocenters. The molecule has 0 aliphatic heterocycles. The highest BCUT2D eigenvalue weighted by Gasteiger charge is 2.34. The lowest BCUT2D eigenvalue weighted by Gasteiger charge is -2.18. The van der Waals surface area contributed by atoms with Crippen LogP contribution in [0, 0.1) is 0 Å². The maximum Gasteiger partial charge on any atom is 0.343 e. The predicted octanol–water partition coefficient (Wildman–Crippen LogP) is 1.83. The van der Waals surface area contributed by atoms with Gasteiger partial charge in [0.25, 0.3) is 0 Å². The Morgan fingerprint density at radius 3 is 1.39 bits per heavy atom. The number of hydrogen-bond donors (Lipinski definition) is 0. The molecule has 0 N–H and O–H groups in total. The first-order valence-corrected chi connectivity index (χ1v) is 8.33. The van der Waals surface area contributed by atoms with Crippen molar-refractivity contribution in [3.05, 3.63) is 23.5 Å². The number of carbonyl (C=O) groups excluding carboxylic acids is 4. The van der Waals surface area contributed by atoms with Crippen molar-refractivity contribution in [2.45, 2.75) is 27.7 Å². The van der Waals surface area contributed by atoms with Crippen LogP contribution in [-0.4, -0.2) is 47.1 Å². The van der Waals surface area contributed by atoms with Gasteiger partial charge in [-0.2, -0.15) is 0 Å². The normalized spacial score (nSPS) is 10.3. The largest absolute Gasteiger partial charge is 0.462 e. The van der Waals surface area contributed by atoms with Gasteiger partial charge in [0.1, 0.15) is 22.2 Å². The summed E-state index contributed by atoms with van der Waals surface area (Å²) >= 11 is 0. The van der Waals surface area contributed by atoms with Crippen LogP contribution in [0.4, 0.5) is 0 Å². The zero-order chi connectivity index (χ0) is 20.8. The fourth-order valence-electron chi connectivity index (χ4n) is 2.42. The number of fused-ring (bicyclic) bond motifs is 1. The van der Waals surface area contributed by atoms with Crippen molar-refractivity contribution in [3.63, 3.8) is 0 Å². The van der Waals surface area contributed by atoms with Crippen LogP contribution in [0.3, 0.4) is 0 Å². The highest BCUT2D eigenvalue weighted by atomic mass is 16.6. The van der Waals surface area contributed by atoms with E-state index in [0.29, 0.717) is 0 Å². The molecule has 10 heteroatoms. The first-order chi connectivity index (χ1) is 13.3. The van der Waals surface area contributed by atoms with E-state index in [4.69, 9.17) is 18.9 Å². The summed E-state index contributed by atoms with van der Waals surface area (Å²) in [6, 6.07) is 0. The molecular formula is C18H18N2O8. The van der Waals surface area contributed by atoms with Crippen molar-refractivity contribution in [1.82, 2.24) is 9.97 Å². The Labute approximate surface area is 159 Å². The second-order valence-electron chi connectivity index (χ2n) is 5.29. The molecule has 148 valence electrons. The van der Waals surface area contributed by atoms with Crippen molar-refractivity contribution in [3.8, 4) is 11.5 Å². The average molecular weight is 390 g/mol. The van der Waals surface area contributed by atoms with Gasteiger partial charge in [-0.05, 0) is 13.8 Å². The quantitative estimate of drug-likeness (QED) is 0.531. The van der Waals surface area contributed by atoms with E-state index in [9.17, 15) is 19.2 Å². The number of rotatable bonds is 6. The van der Waals surface area contributed by atoms with Crippen LogP contribution in [0.1, 0.15) is 48.4 Å². The van der Waals surface area contributed by atoms with Crippen LogP contribution in [0.5, 0.6) is 11.5 Å². The molecular weight excluding hydrogens is 372 g/mol. The number of ether oxygens (including phenoxy) is 4. The lowest BCUT2D eigenvalue weighted by Crippen LogP contribution is -2.20. The Kier molecular flexibility index (Phi) is 6.59. The number of aromatic nitrogens is 2. The molecule has 0 unspecified atom stereocenters. The summed E-state index contributed by atoms with van der Waals surface area (Å²) in [4.78, 5) is 56.7. The molecule has 0 radical (unpaired) electrons. The van der Waals surface area contributed by atoms with Gasteiger partial charge >= 0.3 is 23.9 Å². The fraction of sp³-hybridized carbons (Fsp3) is 0.333. The number of carbonyl (C=O) groups is 4. The summed E-state index contributed by atoms with van der Waals surface area (Å²) in [7, 11) is 0. The monoisotopic (exact) mass is 390 g/mol. The minimum absolute atomic E-state index is 0.0258. The van der Waals surface area contributed by atoms with Gasteiger partial charge < -0.3 is 18.9 Å². The van der Waals surface area contributed by atoms with Crippen LogP contribution in [0.15, 0.2) is 12.4 Å². The van der Waals surface area contributed by atoms with E-state index in [1.807, 2.05) is 0 Å². The third-order valence-corrected chi connectivity index (χ3v) is 3.28. The smallest absolute Gasteiger partial charge is 0.343 e. The van der Waals surface area contributed by atoms with Gasteiger partial charge in [-0.3, -0.25) is 9.59 Å². The molecule has 10 nitrogen and oxygen atoms in total. The predicted molar refractivity (Wildman–Crippen MR) is 94.1 cm³/mol. The molecule has 1 aromatic heterocycles. The summed E-state index contributed by atoms with van der Waals surface area (Å²) in [5, 5.41) is 0. The number of hydrogen-bond acceptors (Lipinski definition) is 10. The van der Waals surface area contributed by atoms with E-state index in [2.05, 4.69) is 9.97 Å². The number of benzene rings is 1. The van der Waals surface area contributed by atoms with E-state index in [-0.39, 0.29) is 35.7 Å². The SMILES string of the molecule is CCOC(=O)c1c(C(=O)OCC)c(OC(C)=O)c2nccnc2c1OC(C)=O. The minimum atomic E-state index is -0.984. The summed E-state index contributed by atoms with van der Waals surface area (Å²) < 4.78 is 20.3. The van der Waals surface area contributed by atoms with Crippen molar-refractivity contribution >= 4 is 34.9 Å². The number of nitrogens with zero attached hydrogens (tertiary/aromatic N) is 2. The maximum atomic E-state index is 12.6. The Morgan fingerprint density at radius 2 is 1.11 bits per heavy atom. The molecule has 0 saturated carbocycles. The molecule has 1 aromatic carbocycles. The van der Waals surface area contributed by atoms with Crippen LogP contribution in [-0.2, 0) is 19.1 Å². The molecule has 2 aromatic rings. The zero-order valence-corrected chi connectivity index (χ0v) is 15.7. The first-order valence-electron chi connectivity index (χ1n) is 8.33. The van der Waals surface area contributed by atoms with Gasteiger partial charge in [0.2, 0.25) is 0 Å². The Morgan fingerprint density at radius 1 is 0.750 bits per heavy atom. The molecule has 1 heterocycles. The van der Waals surface area contributed by atoms with E-state index >= 15 is 0 Å². The molecule has 0 aliphatic carbocycles. The Hall–Kier alpha value is -3.56. The first kappa shape index (κ1) is 20.7. The van der Waals surface area contributed by atoms with Crippen LogP contribution in [0.25, 0.3) is 11.0 Å². The standard InChI is InChI=1S/C18H18N2O8/c1-5-25-17(23)11-12(18(24)26-6-2)16(28-10(4)22)14-13(19-7-8-20-14)15(11)27-9(3)21/h7-8H,5-6H2,1-4H3. The van der Waals surface area contributed by atoms with Gasteiger partial charge in [-0.25, -0.2) is 19.6 Å². The van der Waals surface area contributed by atoms with Crippen LogP contribution >= 0.6 is 0 Å². The van der Waals surface area contributed by atoms with Crippen LogP contribution in [0.2, 0.25) is 0 Å². The van der Waals surface area contributed by atoms with Crippen molar-refractivity contribution in [2.24, 2.45) is 0 Å². The van der Waals surface area contributed by atoms with Crippen molar-refractivity contribution in [2.75, 3.05) is 13.2 Å². The van der Waals surface area contributed by atoms with Gasteiger partial charge in [-0.1, -0.05) is 0 Å². The molecule has 0 aliphatic rings. The van der Waals surface area contributed by atoms with Gasteiger partial charge in [0.05, 0.1) is 13.2 Å². The Bertz CT molecular complexity index is 878. The third-order valence-electron chi connectivity index (χ3n) is 3.28. The Balaban J connectivity index is 3.03. The molecule has 0 amide bonds. The highest BCUT2D eigenvalue weighted by molar-refractivity contribution is 6.14. The van der Waals surface area contributed by atoms with E-state index in [0.717, 1.165) is 13.8 Å². The summed E-state index contributed by atoms with van der Waals surface area (Å²) in [6.45, 7) is 5.29. The van der Waals surface area contributed by atoms with Crippen LogP contribution < -0.4 is 9.47 Å². The van der Waals surface area contributed by atoms with Crippen molar-refractivity contribution < 1.29 is 38.1 Å². The lowest BCUT2D eigenvalue weighted by molar-refractivity contribution is -0.133. The maximum absolute atomic E-state index is 12.6. The van der Waals surface area contributed by atoms with Gasteiger partial charge in [0, 0.05) is 26.2 Å². The molecule has 0 spiro atoms.